The molecule has 13 aromatic rings. The molecule has 0 aliphatic heterocycles. The first-order chi connectivity index (χ1) is 34.2. The summed E-state index contributed by atoms with van der Waals surface area (Å²) in [5, 5.41) is 9.83. The Morgan fingerprint density at radius 1 is 0.362 bits per heavy atom. The van der Waals surface area contributed by atoms with Gasteiger partial charge in [0.25, 0.3) is 0 Å². The smallest absolute Gasteiger partial charge is 0.0979 e. The molecule has 11 aromatic carbocycles. The van der Waals surface area contributed by atoms with Crippen LogP contribution in [0, 0.1) is 0 Å². The van der Waals surface area contributed by atoms with Crippen LogP contribution in [0.1, 0.15) is 17.5 Å². The second-order valence-electron chi connectivity index (χ2n) is 18.4. The second-order valence-corrected chi connectivity index (χ2v) is 18.4. The van der Waals surface area contributed by atoms with Crippen LogP contribution in [0.5, 0.6) is 0 Å². The van der Waals surface area contributed by atoms with Crippen LogP contribution in [0.25, 0.3) is 133 Å². The van der Waals surface area contributed by atoms with E-state index >= 15 is 0 Å². The molecule has 69 heavy (non-hydrogen) atoms. The first-order valence-corrected chi connectivity index (χ1v) is 23.9. The van der Waals surface area contributed by atoms with E-state index in [0.29, 0.717) is 0 Å². The van der Waals surface area contributed by atoms with Crippen molar-refractivity contribution < 1.29 is 0 Å². The molecule has 322 valence electrons. The van der Waals surface area contributed by atoms with Gasteiger partial charge in [-0.05, 0) is 139 Å². The topological polar surface area (TPSA) is 30.7 Å². The van der Waals surface area contributed by atoms with E-state index in [-0.39, 0.29) is 0 Å². The molecule has 0 spiro atoms. The minimum atomic E-state index is 0.866. The Bertz CT molecular complexity index is 4200. The van der Waals surface area contributed by atoms with Crippen molar-refractivity contribution in [3.63, 3.8) is 0 Å². The number of aryl methyl sites for hydroxylation is 1. The summed E-state index contributed by atoms with van der Waals surface area (Å²) in [5.41, 5.74) is 19.7. The van der Waals surface area contributed by atoms with Crippen LogP contribution in [0.4, 0.5) is 0 Å². The largest absolute Gasteiger partial charge is 0.309 e. The van der Waals surface area contributed by atoms with E-state index in [2.05, 4.69) is 235 Å². The molecule has 3 nitrogen and oxygen atoms in total. The van der Waals surface area contributed by atoms with Crippen molar-refractivity contribution in [1.82, 2.24) is 14.5 Å². The van der Waals surface area contributed by atoms with Gasteiger partial charge in [-0.2, -0.15) is 0 Å². The van der Waals surface area contributed by atoms with Gasteiger partial charge >= 0.3 is 0 Å². The van der Waals surface area contributed by atoms with Crippen LogP contribution in [-0.4, -0.2) is 14.5 Å². The van der Waals surface area contributed by atoms with E-state index in [1.165, 1.54) is 93.4 Å². The van der Waals surface area contributed by atoms with Crippen LogP contribution in [0.15, 0.2) is 231 Å². The minimum Gasteiger partial charge on any atom is -0.309 e. The van der Waals surface area contributed by atoms with Gasteiger partial charge in [0, 0.05) is 32.8 Å². The summed E-state index contributed by atoms with van der Waals surface area (Å²) in [4.78, 5) is 10.2. The fraction of sp³-hybridized carbons (Fsp3) is 0.0303. The quantitative estimate of drug-likeness (QED) is 0.156. The molecular formula is C66H43N3. The van der Waals surface area contributed by atoms with E-state index in [9.17, 15) is 0 Å². The standard InChI is InChI=1S/C66H43N3/c1-2-18-52-50(13-1)40-60(56-22-4-3-19-53(52)56)43-31-34-51(35-32-43)69-63-26-10-9-23-57(63)61-39-49(33-36-64(61)69)48-17-12-16-47(38-48)46-15-11-14-45(37-46)42-27-29-44(30-28-42)62-41-67-65-58-24-7-5-20-54(58)55-21-6-8-25-59(55)66(65)68-62/h1,3-17,19-41H,2,18H2. The fourth-order valence-electron chi connectivity index (χ4n) is 11.1. The molecule has 1 aliphatic rings. The molecule has 0 atom stereocenters. The third kappa shape index (κ3) is 6.50. The van der Waals surface area contributed by atoms with Gasteiger partial charge in [0.05, 0.1) is 34.0 Å². The SMILES string of the molecule is C1=Cc2cc(-c3ccc(-n4c5ccccc5c5cc(-c6cccc(-c7cccc(-c8ccc(-c9cnc%10c%11ccccc%11c%11ccccc%11c%10n9)cc8)c7)c6)ccc54)cc3)c3ccccc3c2CC1. The molecular weight excluding hydrogens is 835 g/mol. The summed E-state index contributed by atoms with van der Waals surface area (Å²) in [6.45, 7) is 0. The maximum Gasteiger partial charge on any atom is 0.0979 e. The predicted molar refractivity (Wildman–Crippen MR) is 291 cm³/mol. The zero-order chi connectivity index (χ0) is 45.4. The maximum atomic E-state index is 5.22. The Morgan fingerprint density at radius 3 is 1.61 bits per heavy atom. The molecule has 14 rings (SSSR count). The van der Waals surface area contributed by atoms with Crippen molar-refractivity contribution in [2.24, 2.45) is 0 Å². The molecule has 3 heteroatoms. The Kier molecular flexibility index (Phi) is 9.03. The molecule has 0 saturated carbocycles. The molecule has 0 N–H and O–H groups in total. The normalized spacial score (nSPS) is 12.5. The summed E-state index contributed by atoms with van der Waals surface area (Å²) in [6, 6.07) is 79.8. The number of allylic oxidation sites excluding steroid dienone is 1. The molecule has 0 unspecified atom stereocenters. The van der Waals surface area contributed by atoms with Crippen LogP contribution in [0.3, 0.4) is 0 Å². The van der Waals surface area contributed by atoms with E-state index in [1.54, 1.807) is 0 Å². The molecule has 2 heterocycles. The average Bonchev–Trinajstić information content (AvgIpc) is 3.76. The number of hydrogen-bond donors (Lipinski definition) is 0. The van der Waals surface area contributed by atoms with Gasteiger partial charge in [-0.15, -0.1) is 0 Å². The number of aromatic nitrogens is 3. The lowest BCUT2D eigenvalue weighted by Crippen LogP contribution is -1.98. The van der Waals surface area contributed by atoms with Crippen molar-refractivity contribution in [3.8, 4) is 61.5 Å². The third-order valence-electron chi connectivity index (χ3n) is 14.5. The molecule has 1 aliphatic carbocycles. The monoisotopic (exact) mass is 877 g/mol. The number of fused-ring (bicyclic) bond motifs is 12. The Morgan fingerprint density at radius 2 is 0.899 bits per heavy atom. The first-order valence-electron chi connectivity index (χ1n) is 23.9. The Balaban J connectivity index is 0.770. The lowest BCUT2D eigenvalue weighted by molar-refractivity contribution is 0.997. The Hall–Kier alpha value is -8.92. The first kappa shape index (κ1) is 39.3. The molecule has 2 aromatic heterocycles. The van der Waals surface area contributed by atoms with Crippen molar-refractivity contribution in [2.45, 2.75) is 12.8 Å². The zero-order valence-electron chi connectivity index (χ0n) is 37.8. The maximum absolute atomic E-state index is 5.22. The Labute approximate surface area is 399 Å². The van der Waals surface area contributed by atoms with Gasteiger partial charge in [0.15, 0.2) is 0 Å². The highest BCUT2D eigenvalue weighted by Crippen LogP contribution is 2.40. The van der Waals surface area contributed by atoms with Crippen LogP contribution < -0.4 is 0 Å². The lowest BCUT2D eigenvalue weighted by Gasteiger charge is -2.18. The van der Waals surface area contributed by atoms with Gasteiger partial charge in [0.1, 0.15) is 0 Å². The number of nitrogens with zero attached hydrogens (tertiary/aromatic N) is 3. The molecule has 0 amide bonds. The fourth-order valence-corrected chi connectivity index (χ4v) is 11.1. The number of rotatable bonds is 6. The highest BCUT2D eigenvalue weighted by atomic mass is 15.0. The minimum absolute atomic E-state index is 0.866. The predicted octanol–water partition coefficient (Wildman–Crippen LogP) is 17.5. The van der Waals surface area contributed by atoms with E-state index in [0.717, 1.165) is 57.2 Å². The number of para-hydroxylation sites is 1. The highest BCUT2D eigenvalue weighted by Gasteiger charge is 2.18. The number of hydrogen-bond acceptors (Lipinski definition) is 2. The summed E-state index contributed by atoms with van der Waals surface area (Å²) >= 11 is 0. The van der Waals surface area contributed by atoms with Crippen LogP contribution >= 0.6 is 0 Å². The van der Waals surface area contributed by atoms with E-state index < -0.39 is 0 Å². The molecule has 0 saturated heterocycles. The third-order valence-corrected chi connectivity index (χ3v) is 14.5. The lowest BCUT2D eigenvalue weighted by atomic mass is 9.87. The van der Waals surface area contributed by atoms with E-state index in [1.807, 2.05) is 6.20 Å². The van der Waals surface area contributed by atoms with Gasteiger partial charge < -0.3 is 4.57 Å². The van der Waals surface area contributed by atoms with Crippen LogP contribution in [0.2, 0.25) is 0 Å². The van der Waals surface area contributed by atoms with Gasteiger partial charge in [-0.25, -0.2) is 4.98 Å². The molecule has 0 bridgehead atoms. The summed E-state index contributed by atoms with van der Waals surface area (Å²) in [5.74, 6) is 0. The zero-order valence-corrected chi connectivity index (χ0v) is 37.8. The van der Waals surface area contributed by atoms with Gasteiger partial charge in [-0.3, -0.25) is 4.98 Å². The summed E-state index contributed by atoms with van der Waals surface area (Å²) in [7, 11) is 0. The molecule has 0 radical (unpaired) electrons. The van der Waals surface area contributed by atoms with Gasteiger partial charge in [-0.1, -0.05) is 182 Å². The van der Waals surface area contributed by atoms with Crippen molar-refractivity contribution >= 4 is 71.2 Å². The number of benzene rings is 11. The van der Waals surface area contributed by atoms with Crippen molar-refractivity contribution in [2.75, 3.05) is 0 Å². The summed E-state index contributed by atoms with van der Waals surface area (Å²) in [6.07, 6.45) is 8.72. The van der Waals surface area contributed by atoms with E-state index in [4.69, 9.17) is 9.97 Å². The molecule has 0 fully saturated rings. The van der Waals surface area contributed by atoms with Crippen molar-refractivity contribution in [1.29, 1.82) is 0 Å². The van der Waals surface area contributed by atoms with Gasteiger partial charge in [0.2, 0.25) is 0 Å². The van der Waals surface area contributed by atoms with Crippen molar-refractivity contribution in [3.05, 3.63) is 242 Å². The van der Waals surface area contributed by atoms with Crippen LogP contribution in [-0.2, 0) is 6.42 Å². The highest BCUT2D eigenvalue weighted by molar-refractivity contribution is 6.23. The second kappa shape index (κ2) is 15.9. The summed E-state index contributed by atoms with van der Waals surface area (Å²) < 4.78 is 2.42. The average molecular weight is 878 g/mol.